The van der Waals surface area contributed by atoms with Crippen LogP contribution < -0.4 is 0 Å². The van der Waals surface area contributed by atoms with Crippen LogP contribution in [0.5, 0.6) is 0 Å². The van der Waals surface area contributed by atoms with Crippen LogP contribution >= 0.6 is 11.3 Å². The summed E-state index contributed by atoms with van der Waals surface area (Å²) in [4.78, 5) is 5.45. The van der Waals surface area contributed by atoms with Gasteiger partial charge in [0.05, 0.1) is 17.5 Å². The van der Waals surface area contributed by atoms with Gasteiger partial charge in [0.25, 0.3) is 0 Å². The summed E-state index contributed by atoms with van der Waals surface area (Å²) in [5.41, 5.74) is 1.20. The lowest BCUT2D eigenvalue weighted by Crippen LogP contribution is -2.07. The highest BCUT2D eigenvalue weighted by atomic mass is 32.2. The summed E-state index contributed by atoms with van der Waals surface area (Å²) >= 11 is 1.63. The minimum absolute atomic E-state index is 0.0310. The fourth-order valence-corrected chi connectivity index (χ4v) is 4.01. The molecule has 82 valence electrons. The monoisotopic (exact) mass is 243 g/mol. The summed E-state index contributed by atoms with van der Waals surface area (Å²) < 4.78 is 22.4. The quantitative estimate of drug-likeness (QED) is 0.742. The molecule has 1 unspecified atom stereocenters. The number of hydrogen-bond donors (Lipinski definition) is 0. The smallest absolute Gasteiger partial charge is 0.152 e. The van der Waals surface area contributed by atoms with E-state index >= 15 is 0 Å². The molecule has 1 aliphatic heterocycles. The molecule has 1 aromatic heterocycles. The Morgan fingerprint density at radius 1 is 1.60 bits per heavy atom. The van der Waals surface area contributed by atoms with Crippen molar-refractivity contribution in [2.75, 3.05) is 11.5 Å². The van der Waals surface area contributed by atoms with Crippen LogP contribution in [-0.2, 0) is 9.84 Å². The first-order chi connectivity index (χ1) is 7.07. The molecule has 0 aliphatic carbocycles. The van der Waals surface area contributed by atoms with Gasteiger partial charge in [-0.25, -0.2) is 8.42 Å². The normalized spacial score (nSPS) is 25.0. The Labute approximate surface area is 93.8 Å². The third kappa shape index (κ3) is 2.66. The maximum absolute atomic E-state index is 11.2. The maximum atomic E-state index is 11.2. The molecule has 0 saturated carbocycles. The van der Waals surface area contributed by atoms with Crippen LogP contribution in [-0.4, -0.2) is 32.2 Å². The van der Waals surface area contributed by atoms with Gasteiger partial charge in [-0.3, -0.25) is 4.99 Å². The highest BCUT2D eigenvalue weighted by Gasteiger charge is 2.26. The predicted octanol–water partition coefficient (Wildman–Crippen LogP) is 1.66. The molecule has 1 aliphatic rings. The van der Waals surface area contributed by atoms with Crippen molar-refractivity contribution in [1.29, 1.82) is 0 Å². The number of aliphatic imine (C=N–C) groups is 1. The summed E-state index contributed by atoms with van der Waals surface area (Å²) in [5.74, 6) is 0.506. The van der Waals surface area contributed by atoms with Gasteiger partial charge in [0.2, 0.25) is 0 Å². The van der Waals surface area contributed by atoms with Crippen LogP contribution in [0.4, 0.5) is 0 Å². The molecule has 5 heteroatoms. The minimum atomic E-state index is -2.81. The van der Waals surface area contributed by atoms with E-state index in [1.54, 1.807) is 11.3 Å². The van der Waals surface area contributed by atoms with E-state index in [1.165, 1.54) is 5.56 Å². The number of sulfone groups is 1. The first-order valence-electron chi connectivity index (χ1n) is 4.84. The van der Waals surface area contributed by atoms with Crippen molar-refractivity contribution in [3.63, 3.8) is 0 Å². The summed E-state index contributed by atoms with van der Waals surface area (Å²) in [6.07, 6.45) is 2.48. The van der Waals surface area contributed by atoms with Crippen LogP contribution in [0.3, 0.4) is 0 Å². The second kappa shape index (κ2) is 4.06. The van der Waals surface area contributed by atoms with Gasteiger partial charge in [-0.15, -0.1) is 11.3 Å². The van der Waals surface area contributed by atoms with Crippen LogP contribution in [0.1, 0.15) is 16.9 Å². The Morgan fingerprint density at radius 2 is 2.40 bits per heavy atom. The van der Waals surface area contributed by atoms with E-state index in [2.05, 4.69) is 4.99 Å². The first-order valence-corrected chi connectivity index (χ1v) is 7.55. The molecule has 2 rings (SSSR count). The van der Waals surface area contributed by atoms with Gasteiger partial charge in [-0.1, -0.05) is 0 Å². The predicted molar refractivity (Wildman–Crippen MR) is 63.7 cm³/mol. The van der Waals surface area contributed by atoms with Crippen LogP contribution in [0, 0.1) is 6.92 Å². The van der Waals surface area contributed by atoms with Gasteiger partial charge in [0.1, 0.15) is 0 Å². The van der Waals surface area contributed by atoms with Crippen molar-refractivity contribution in [2.24, 2.45) is 4.99 Å². The minimum Gasteiger partial charge on any atom is -0.287 e. The maximum Gasteiger partial charge on any atom is 0.152 e. The molecular formula is C10H13NO2S2. The third-order valence-corrected chi connectivity index (χ3v) is 5.22. The van der Waals surface area contributed by atoms with E-state index in [9.17, 15) is 8.42 Å². The molecule has 1 fully saturated rings. The Hall–Kier alpha value is -0.680. The van der Waals surface area contributed by atoms with Crippen molar-refractivity contribution in [2.45, 2.75) is 19.4 Å². The van der Waals surface area contributed by atoms with Crippen LogP contribution in [0.25, 0.3) is 0 Å². The molecule has 1 atom stereocenters. The number of aryl methyl sites for hydroxylation is 1. The third-order valence-electron chi connectivity index (χ3n) is 2.51. The SMILES string of the molecule is Cc1ccsc1C=NC1CCS(=O)(=O)C1. The van der Waals surface area contributed by atoms with Gasteiger partial charge in [-0.05, 0) is 30.4 Å². The molecule has 0 N–H and O–H groups in total. The van der Waals surface area contributed by atoms with Gasteiger partial charge >= 0.3 is 0 Å². The van der Waals surface area contributed by atoms with Crippen LogP contribution in [0.2, 0.25) is 0 Å². The second-order valence-corrected chi connectivity index (χ2v) is 6.98. The van der Waals surface area contributed by atoms with Gasteiger partial charge < -0.3 is 0 Å². The second-order valence-electron chi connectivity index (χ2n) is 3.80. The zero-order chi connectivity index (χ0) is 10.9. The van der Waals surface area contributed by atoms with Gasteiger partial charge in [-0.2, -0.15) is 0 Å². The Balaban J connectivity index is 2.05. The van der Waals surface area contributed by atoms with Crippen molar-refractivity contribution in [1.82, 2.24) is 0 Å². The molecule has 0 aromatic carbocycles. The highest BCUT2D eigenvalue weighted by molar-refractivity contribution is 7.91. The zero-order valence-corrected chi connectivity index (χ0v) is 10.1. The average molecular weight is 243 g/mol. The average Bonchev–Trinajstić information content (AvgIpc) is 2.69. The molecule has 15 heavy (non-hydrogen) atoms. The summed E-state index contributed by atoms with van der Waals surface area (Å²) in [5, 5.41) is 2.02. The number of thiophene rings is 1. The molecule has 0 bridgehead atoms. The number of nitrogens with zero attached hydrogens (tertiary/aromatic N) is 1. The summed E-state index contributed by atoms with van der Waals surface area (Å²) in [7, 11) is -2.81. The molecule has 0 amide bonds. The number of hydrogen-bond acceptors (Lipinski definition) is 4. The van der Waals surface area contributed by atoms with E-state index in [-0.39, 0.29) is 11.8 Å². The standard InChI is InChI=1S/C10H13NO2S2/c1-8-2-4-14-10(8)6-11-9-3-5-15(12,13)7-9/h2,4,6,9H,3,5,7H2,1H3. The summed E-state index contributed by atoms with van der Waals surface area (Å²) in [6, 6.07) is 2.01. The lowest BCUT2D eigenvalue weighted by atomic mass is 10.3. The zero-order valence-electron chi connectivity index (χ0n) is 8.51. The topological polar surface area (TPSA) is 46.5 Å². The Kier molecular flexibility index (Phi) is 2.93. The van der Waals surface area contributed by atoms with E-state index < -0.39 is 9.84 Å². The Morgan fingerprint density at radius 3 is 2.93 bits per heavy atom. The first kappa shape index (κ1) is 10.8. The Bertz CT molecular complexity index is 473. The lowest BCUT2D eigenvalue weighted by Gasteiger charge is -1.98. The van der Waals surface area contributed by atoms with E-state index in [1.807, 2.05) is 24.6 Å². The fourth-order valence-electron chi connectivity index (χ4n) is 1.58. The largest absolute Gasteiger partial charge is 0.287 e. The highest BCUT2D eigenvalue weighted by Crippen LogP contribution is 2.17. The van der Waals surface area contributed by atoms with E-state index in [4.69, 9.17) is 0 Å². The molecule has 1 saturated heterocycles. The number of rotatable bonds is 2. The van der Waals surface area contributed by atoms with Crippen molar-refractivity contribution < 1.29 is 8.42 Å². The van der Waals surface area contributed by atoms with Crippen molar-refractivity contribution >= 4 is 27.4 Å². The van der Waals surface area contributed by atoms with Crippen LogP contribution in [0.15, 0.2) is 16.4 Å². The van der Waals surface area contributed by atoms with Gasteiger partial charge in [0.15, 0.2) is 9.84 Å². The molecular weight excluding hydrogens is 230 g/mol. The van der Waals surface area contributed by atoms with Gasteiger partial charge in [0, 0.05) is 11.1 Å². The van der Waals surface area contributed by atoms with E-state index in [0.717, 1.165) is 4.88 Å². The molecule has 1 aromatic rings. The lowest BCUT2D eigenvalue weighted by molar-refractivity contribution is 0.601. The molecule has 2 heterocycles. The summed E-state index contributed by atoms with van der Waals surface area (Å²) in [6.45, 7) is 2.03. The fraction of sp³-hybridized carbons (Fsp3) is 0.500. The molecule has 0 spiro atoms. The van der Waals surface area contributed by atoms with E-state index in [0.29, 0.717) is 12.2 Å². The molecule has 3 nitrogen and oxygen atoms in total. The van der Waals surface area contributed by atoms with Crippen molar-refractivity contribution in [3.05, 3.63) is 21.9 Å². The van der Waals surface area contributed by atoms with Crippen molar-refractivity contribution in [3.8, 4) is 0 Å². The molecule has 0 radical (unpaired) electrons.